The zero-order valence-corrected chi connectivity index (χ0v) is 28.3. The van der Waals surface area contributed by atoms with E-state index in [0.717, 1.165) is 9.91 Å². The fourth-order valence-corrected chi connectivity index (χ4v) is 9.01. The van der Waals surface area contributed by atoms with Crippen molar-refractivity contribution in [3.63, 3.8) is 0 Å². The minimum absolute atomic E-state index is 0.0250. The van der Waals surface area contributed by atoms with E-state index in [1.807, 2.05) is 6.08 Å². The lowest BCUT2D eigenvalue weighted by atomic mass is 9.49. The molecule has 13 heteroatoms. The molecule has 262 valence electrons. The minimum Gasteiger partial charge on any atom is -0.508 e. The van der Waals surface area contributed by atoms with Gasteiger partial charge in [0, 0.05) is 23.1 Å². The highest BCUT2D eigenvalue weighted by Gasteiger charge is 2.70. The smallest absolute Gasteiger partial charge is 0.271 e. The van der Waals surface area contributed by atoms with Crippen LogP contribution in [0.4, 0.5) is 21.5 Å². The molecule has 4 aromatic rings. The van der Waals surface area contributed by atoms with Crippen molar-refractivity contribution in [3.8, 4) is 5.75 Å². The Morgan fingerprint density at radius 3 is 2.35 bits per heavy atom. The molecule has 2 aliphatic carbocycles. The Morgan fingerprint density at radius 2 is 1.65 bits per heavy atom. The number of hydrogen-bond acceptors (Lipinski definition) is 8. The number of hydrazine groups is 1. The Balaban J connectivity index is 1.31. The van der Waals surface area contributed by atoms with Crippen molar-refractivity contribution < 1.29 is 33.6 Å². The van der Waals surface area contributed by atoms with Gasteiger partial charge >= 0.3 is 0 Å². The van der Waals surface area contributed by atoms with Gasteiger partial charge in [-0.25, -0.2) is 9.29 Å². The standard InChI is InChI=1S/C39H30ClFN4O7/c1-20-17-21(5-16-32(20)46)34-28-14-15-29-33(37(49)43(35(29)47)26-3-2-4-27(18-26)45(51)52)30(28)19-31-36(48)44(42-25-12-10-24(41)11-13-25)38(50)39(31,34)22-6-8-23(40)9-7-22/h2-14,16-18,29-31,33-34,42,46H,15,19H2,1H3/t29-,30+,31-,33-,34-,39+/m0/s1. The molecule has 2 heterocycles. The SMILES string of the molecule is Cc1cc([C@H]2C3=CC[C@@H]4C(=O)N(c5cccc([N+](=O)[O-])c5)C(=O)[C@@H]4[C@@H]3C[C@H]3C(=O)N(Nc4ccc(F)cc4)C(=O)[C@@]23c2ccc(Cl)cc2)ccc1O. The summed E-state index contributed by atoms with van der Waals surface area (Å²) in [5.41, 5.74) is 3.79. The van der Waals surface area contributed by atoms with Crippen LogP contribution in [0.1, 0.15) is 35.4 Å². The lowest BCUT2D eigenvalue weighted by molar-refractivity contribution is -0.384. The molecule has 2 N–H and O–H groups in total. The maximum atomic E-state index is 15.2. The number of non-ortho nitro benzene ring substituents is 1. The Kier molecular flexibility index (Phi) is 7.76. The molecule has 6 atom stereocenters. The summed E-state index contributed by atoms with van der Waals surface area (Å²) in [5.74, 6) is -6.93. The quantitative estimate of drug-likeness (QED) is 0.0981. The van der Waals surface area contributed by atoms with Crippen LogP contribution in [0.3, 0.4) is 0 Å². The number of nitrogens with one attached hydrogen (secondary N) is 1. The van der Waals surface area contributed by atoms with Crippen LogP contribution in [0.25, 0.3) is 0 Å². The fraction of sp³-hybridized carbons (Fsp3) is 0.231. The van der Waals surface area contributed by atoms with Crippen molar-refractivity contribution in [2.45, 2.75) is 31.1 Å². The van der Waals surface area contributed by atoms with Gasteiger partial charge in [0.25, 0.3) is 17.5 Å². The highest BCUT2D eigenvalue weighted by atomic mass is 35.5. The minimum atomic E-state index is -1.57. The van der Waals surface area contributed by atoms with Gasteiger partial charge in [0.2, 0.25) is 11.8 Å². The zero-order chi connectivity index (χ0) is 36.6. The van der Waals surface area contributed by atoms with Crippen LogP contribution < -0.4 is 10.3 Å². The predicted molar refractivity (Wildman–Crippen MR) is 187 cm³/mol. The second-order valence-electron chi connectivity index (χ2n) is 13.7. The summed E-state index contributed by atoms with van der Waals surface area (Å²) in [6.07, 6.45) is 2.07. The van der Waals surface area contributed by atoms with Crippen LogP contribution >= 0.6 is 11.6 Å². The van der Waals surface area contributed by atoms with Crippen molar-refractivity contribution in [1.29, 1.82) is 0 Å². The van der Waals surface area contributed by atoms with E-state index in [-0.39, 0.29) is 30.0 Å². The molecule has 0 aromatic heterocycles. The molecule has 0 bridgehead atoms. The monoisotopic (exact) mass is 720 g/mol. The summed E-state index contributed by atoms with van der Waals surface area (Å²) in [5, 5.41) is 23.5. The van der Waals surface area contributed by atoms with Crippen molar-refractivity contribution in [2.75, 3.05) is 10.3 Å². The number of nitro groups is 1. The molecule has 4 aromatic carbocycles. The number of carbonyl (C=O) groups is 4. The molecule has 2 saturated heterocycles. The number of anilines is 2. The van der Waals surface area contributed by atoms with E-state index in [1.165, 1.54) is 54.6 Å². The Labute approximate surface area is 301 Å². The van der Waals surface area contributed by atoms with E-state index in [4.69, 9.17) is 11.6 Å². The normalized spacial score (nSPS) is 26.5. The Morgan fingerprint density at radius 1 is 0.923 bits per heavy atom. The second-order valence-corrected chi connectivity index (χ2v) is 14.1. The number of imide groups is 2. The van der Waals surface area contributed by atoms with Crippen LogP contribution in [0, 0.1) is 46.5 Å². The molecule has 0 spiro atoms. The number of fused-ring (bicyclic) bond motifs is 4. The number of hydrogen-bond donors (Lipinski definition) is 2. The van der Waals surface area contributed by atoms with Gasteiger partial charge in [-0.1, -0.05) is 53.6 Å². The summed E-state index contributed by atoms with van der Waals surface area (Å²) in [6, 6.07) is 22.3. The lowest BCUT2D eigenvalue weighted by Gasteiger charge is -2.50. The van der Waals surface area contributed by atoms with Crippen molar-refractivity contribution in [1.82, 2.24) is 5.01 Å². The Hall–Kier alpha value is -5.88. The topological polar surface area (TPSA) is 150 Å². The number of aromatic hydroxyl groups is 1. The highest BCUT2D eigenvalue weighted by Crippen LogP contribution is 2.64. The summed E-state index contributed by atoms with van der Waals surface area (Å²) < 4.78 is 13.8. The molecule has 11 nitrogen and oxygen atoms in total. The number of amides is 4. The fourth-order valence-electron chi connectivity index (χ4n) is 8.89. The van der Waals surface area contributed by atoms with Crippen LogP contribution in [-0.2, 0) is 24.6 Å². The number of nitrogens with zero attached hydrogens (tertiary/aromatic N) is 3. The average Bonchev–Trinajstić information content (AvgIpc) is 3.51. The number of benzene rings is 4. The molecule has 52 heavy (non-hydrogen) atoms. The third kappa shape index (κ3) is 4.85. The molecule has 3 fully saturated rings. The molecule has 2 aliphatic heterocycles. The van der Waals surface area contributed by atoms with Gasteiger partial charge in [-0.3, -0.25) is 34.7 Å². The molecule has 4 amide bonds. The summed E-state index contributed by atoms with van der Waals surface area (Å²) in [4.78, 5) is 70.3. The van der Waals surface area contributed by atoms with Crippen LogP contribution in [-0.4, -0.2) is 38.7 Å². The molecular weight excluding hydrogens is 691 g/mol. The highest BCUT2D eigenvalue weighted by molar-refractivity contribution is 6.30. The van der Waals surface area contributed by atoms with Gasteiger partial charge < -0.3 is 5.11 Å². The third-order valence-corrected chi connectivity index (χ3v) is 11.4. The van der Waals surface area contributed by atoms with E-state index < -0.39 is 69.4 Å². The first-order chi connectivity index (χ1) is 24.9. The number of phenols is 1. The van der Waals surface area contributed by atoms with Gasteiger partial charge in [0.05, 0.1) is 39.5 Å². The molecular formula is C39H30ClFN4O7. The van der Waals surface area contributed by atoms with Gasteiger partial charge in [-0.2, -0.15) is 5.01 Å². The predicted octanol–water partition coefficient (Wildman–Crippen LogP) is 6.59. The van der Waals surface area contributed by atoms with Crippen LogP contribution in [0.15, 0.2) is 103 Å². The molecule has 1 saturated carbocycles. The second kappa shape index (κ2) is 12.1. The Bertz CT molecular complexity index is 2240. The number of phenolic OH excluding ortho intramolecular Hbond substituents is 1. The number of aryl methyl sites for hydroxylation is 1. The van der Waals surface area contributed by atoms with Crippen molar-refractivity contribution >= 4 is 52.3 Å². The van der Waals surface area contributed by atoms with Crippen molar-refractivity contribution in [2.24, 2.45) is 23.7 Å². The summed E-state index contributed by atoms with van der Waals surface area (Å²) >= 11 is 6.33. The van der Waals surface area contributed by atoms with E-state index in [9.17, 15) is 34.0 Å². The number of nitro benzene ring substituents is 1. The molecule has 0 unspecified atom stereocenters. The van der Waals surface area contributed by atoms with Gasteiger partial charge in [0.1, 0.15) is 11.6 Å². The lowest BCUT2D eigenvalue weighted by Crippen LogP contribution is -2.53. The largest absolute Gasteiger partial charge is 0.508 e. The van der Waals surface area contributed by atoms with Crippen molar-refractivity contribution in [3.05, 3.63) is 140 Å². The first-order valence-electron chi connectivity index (χ1n) is 16.7. The number of rotatable bonds is 6. The number of halogens is 2. The van der Waals surface area contributed by atoms with Crippen LogP contribution in [0.5, 0.6) is 5.75 Å². The van der Waals surface area contributed by atoms with E-state index in [2.05, 4.69) is 5.43 Å². The van der Waals surface area contributed by atoms with Crippen LogP contribution in [0.2, 0.25) is 5.02 Å². The van der Waals surface area contributed by atoms with Gasteiger partial charge in [-0.05, 0) is 90.9 Å². The van der Waals surface area contributed by atoms with Gasteiger partial charge in [-0.15, -0.1) is 0 Å². The van der Waals surface area contributed by atoms with E-state index in [1.54, 1.807) is 43.3 Å². The summed E-state index contributed by atoms with van der Waals surface area (Å²) in [7, 11) is 0. The first kappa shape index (κ1) is 33.3. The first-order valence-corrected chi connectivity index (χ1v) is 17.1. The molecule has 0 radical (unpaired) electrons. The van der Waals surface area contributed by atoms with E-state index >= 15 is 4.79 Å². The third-order valence-electron chi connectivity index (χ3n) is 11.1. The van der Waals surface area contributed by atoms with Gasteiger partial charge in [0.15, 0.2) is 0 Å². The zero-order valence-electron chi connectivity index (χ0n) is 27.5. The molecule has 4 aliphatic rings. The average molecular weight is 721 g/mol. The number of allylic oxidation sites excluding steroid dienone is 2. The maximum Gasteiger partial charge on any atom is 0.271 e. The molecule has 8 rings (SSSR count). The number of carbonyl (C=O) groups excluding carboxylic acids is 4. The summed E-state index contributed by atoms with van der Waals surface area (Å²) in [6.45, 7) is 1.72. The van der Waals surface area contributed by atoms with E-state index in [0.29, 0.717) is 33.0 Å². The maximum absolute atomic E-state index is 15.2.